The molecule has 0 unspecified atom stereocenters. The molecule has 428 valence electrons. The minimum absolute atomic E-state index is 0. The van der Waals surface area contributed by atoms with Gasteiger partial charge in [0.1, 0.15) is 41.9 Å². The molecule has 2 aliphatic rings. The third kappa shape index (κ3) is 22.1. The van der Waals surface area contributed by atoms with Crippen LogP contribution < -0.4 is 20.9 Å². The Balaban J connectivity index is 0.000000741. The van der Waals surface area contributed by atoms with Crippen LogP contribution in [0.5, 0.6) is 11.5 Å². The van der Waals surface area contributed by atoms with E-state index in [-0.39, 0.29) is 56.7 Å². The number of hydrogen-bond donors (Lipinski definition) is 3. The van der Waals surface area contributed by atoms with Gasteiger partial charge in [0.15, 0.2) is 0 Å². The lowest BCUT2D eigenvalue weighted by molar-refractivity contribution is -0.155. The Labute approximate surface area is 456 Å². The van der Waals surface area contributed by atoms with Crippen molar-refractivity contribution in [2.24, 2.45) is 17.4 Å². The van der Waals surface area contributed by atoms with Crippen LogP contribution >= 0.6 is 0 Å². The van der Waals surface area contributed by atoms with Gasteiger partial charge in [-0.25, -0.2) is 9.59 Å². The quantitative estimate of drug-likeness (QED) is 0.0462. The summed E-state index contributed by atoms with van der Waals surface area (Å²) in [6.45, 7) is 14.0. The Hall–Kier alpha value is -5.70. The fraction of sp³-hybridized carbons (Fsp3) is 0.639. The highest BCUT2D eigenvalue weighted by atomic mass is 16.5. The van der Waals surface area contributed by atoms with E-state index in [1.165, 1.54) is 16.2 Å². The fourth-order valence-corrected chi connectivity index (χ4v) is 9.28. The number of nitrogens with zero attached hydrogens (tertiary/aromatic N) is 2. The number of carbonyl (C=O) groups is 6. The predicted octanol–water partition coefficient (Wildman–Crippen LogP) is 12.0. The Bertz CT molecular complexity index is 2040. The number of nitrogens with two attached hydrogens (primary N) is 2. The van der Waals surface area contributed by atoms with Crippen LogP contribution in [0.1, 0.15) is 220 Å². The number of ether oxygens (including phenoxy) is 4. The number of benzene rings is 2. The van der Waals surface area contributed by atoms with E-state index in [9.17, 15) is 33.9 Å². The second-order valence-electron chi connectivity index (χ2n) is 20.3. The normalized spacial score (nSPS) is 16.0. The van der Waals surface area contributed by atoms with Crippen molar-refractivity contribution < 1.29 is 52.8 Å². The van der Waals surface area contributed by atoms with Gasteiger partial charge >= 0.3 is 11.9 Å². The lowest BCUT2D eigenvalue weighted by Gasteiger charge is -2.26. The van der Waals surface area contributed by atoms with Crippen molar-refractivity contribution in [2.45, 2.75) is 235 Å². The molecule has 0 spiro atoms. The van der Waals surface area contributed by atoms with Crippen LogP contribution in [0.2, 0.25) is 0 Å². The third-order valence-corrected chi connectivity index (χ3v) is 14.4. The van der Waals surface area contributed by atoms with Crippen LogP contribution in [0.3, 0.4) is 0 Å². The average molecular weight is 1060 g/mol. The topological polar surface area (TPSA) is 218 Å². The number of esters is 2. The lowest BCUT2D eigenvalue weighted by Crippen LogP contribution is -2.41. The van der Waals surface area contributed by atoms with E-state index in [1.54, 1.807) is 38.8 Å². The van der Waals surface area contributed by atoms with Crippen molar-refractivity contribution in [2.75, 3.05) is 14.2 Å². The molecule has 4 rings (SSSR count). The molecule has 0 saturated carbocycles. The van der Waals surface area contributed by atoms with Gasteiger partial charge in [0.25, 0.3) is 11.8 Å². The number of aliphatic hydroxyl groups is 1. The van der Waals surface area contributed by atoms with E-state index >= 15 is 0 Å². The Morgan fingerprint density at radius 2 is 0.908 bits per heavy atom. The number of unbranched alkanes of at least 4 members (excludes halogenated alkanes) is 10. The number of hydrogen-bond acceptors (Lipinski definition) is 11. The highest BCUT2D eigenvalue weighted by molar-refractivity contribution is 5.99. The highest BCUT2D eigenvalue weighted by Gasteiger charge is 2.36. The summed E-state index contributed by atoms with van der Waals surface area (Å²) in [5, 5.41) is 9.56. The summed E-state index contributed by atoms with van der Waals surface area (Å²) in [6, 6.07) is 5.75. The molecule has 15 heteroatoms. The van der Waals surface area contributed by atoms with Gasteiger partial charge in [-0.3, -0.25) is 19.2 Å². The minimum atomic E-state index is -1.11. The van der Waals surface area contributed by atoms with E-state index in [4.69, 9.17) is 30.4 Å². The lowest BCUT2D eigenvalue weighted by atomic mass is 9.99. The zero-order valence-electron chi connectivity index (χ0n) is 46.2. The van der Waals surface area contributed by atoms with Crippen molar-refractivity contribution >= 4 is 35.6 Å². The summed E-state index contributed by atoms with van der Waals surface area (Å²) >= 11 is 0. The van der Waals surface area contributed by atoms with Crippen molar-refractivity contribution in [1.29, 1.82) is 0 Å². The molecule has 0 aliphatic carbocycles. The first-order valence-corrected chi connectivity index (χ1v) is 27.3. The van der Waals surface area contributed by atoms with E-state index in [0.29, 0.717) is 54.7 Å². The monoisotopic (exact) mass is 1060 g/mol. The molecule has 2 heterocycles. The zero-order valence-corrected chi connectivity index (χ0v) is 46.2. The smallest absolute Gasteiger partial charge is 0.329 e. The summed E-state index contributed by atoms with van der Waals surface area (Å²) in [5.41, 5.74) is 15.3. The minimum Gasteiger partial charge on any atom is -0.496 e. The number of methoxy groups -OCH3 is 2. The molecule has 2 aromatic carbocycles. The molecule has 0 radical (unpaired) electrons. The third-order valence-electron chi connectivity index (χ3n) is 14.4. The number of primary amides is 2. The molecule has 2 aromatic rings. The second-order valence-corrected chi connectivity index (χ2v) is 20.3. The molecule has 76 heavy (non-hydrogen) atoms. The SMILES string of the molecule is C.C.CCCCCC[C@H](CCCCC[C@@H](C)C(N)=O)OC(=O)[C@@H]1CC=CN1C(=O)c1cc(C)c(C)c(OC)c1.CCCCCC[C@H](CCCCC[C@@H](O)C(N)=O)OC(=O)[C@@H]1CC=CN1C(=O)c1cc(C)c(C)c(OC)c1. The molecule has 0 saturated heterocycles. The van der Waals surface area contributed by atoms with Crippen LogP contribution in [-0.4, -0.2) is 95.1 Å². The maximum Gasteiger partial charge on any atom is 0.329 e. The standard InChI is InChI=1S/C30H46N2O5.C29H44N2O6.2CH4/c1-6-7-8-11-15-25(16-12-9-10-14-21(2)28(31)33)37-30(35)26-17-13-18-32(26)29(34)24-19-22(3)23(4)27(20-24)36-5;1-5-6-7-9-13-23(14-10-8-11-16-25(32)27(30)33)37-29(35)24-15-12-17-31(24)28(34)22-18-20(2)21(3)26(19-22)36-4;;/h13,18-21,25-26H,6-12,14-17H2,1-5H3,(H2,31,33);12,17-19,23-25,32H,5-11,13-16H2,1-4H3,(H2,30,33);2*1H4/t21-,25-,26+;23-,24+,25-;;/m11../s1. The van der Waals surface area contributed by atoms with Crippen LogP contribution in [0.4, 0.5) is 0 Å². The zero-order chi connectivity index (χ0) is 54.7. The maximum absolute atomic E-state index is 13.3. The maximum atomic E-state index is 13.3. The van der Waals surface area contributed by atoms with Crippen LogP contribution in [-0.2, 0) is 28.7 Å². The number of aryl methyl sites for hydroxylation is 2. The highest BCUT2D eigenvalue weighted by Crippen LogP contribution is 2.30. The van der Waals surface area contributed by atoms with Crippen molar-refractivity contribution in [3.8, 4) is 11.5 Å². The van der Waals surface area contributed by atoms with Gasteiger partial charge < -0.3 is 45.3 Å². The Kier molecular flexibility index (Phi) is 32.7. The first kappa shape index (κ1) is 68.3. The van der Waals surface area contributed by atoms with Crippen LogP contribution in [0, 0.1) is 33.6 Å². The van der Waals surface area contributed by atoms with Crippen molar-refractivity contribution in [3.63, 3.8) is 0 Å². The Morgan fingerprint density at radius 3 is 1.25 bits per heavy atom. The van der Waals surface area contributed by atoms with E-state index in [1.807, 2.05) is 58.9 Å². The molecule has 0 fully saturated rings. The van der Waals surface area contributed by atoms with Crippen LogP contribution in [0.25, 0.3) is 0 Å². The van der Waals surface area contributed by atoms with Crippen molar-refractivity contribution in [3.05, 3.63) is 82.2 Å². The number of rotatable bonds is 32. The number of carbonyl (C=O) groups excluding carboxylic acids is 6. The van der Waals surface area contributed by atoms with E-state index in [2.05, 4.69) is 13.8 Å². The number of aliphatic hydroxyl groups excluding tert-OH is 1. The molecule has 5 N–H and O–H groups in total. The van der Waals surface area contributed by atoms with Gasteiger partial charge in [0.05, 0.1) is 14.2 Å². The van der Waals surface area contributed by atoms with Gasteiger partial charge in [-0.05, 0) is 151 Å². The average Bonchev–Trinajstić information content (AvgIpc) is 4.09. The number of amides is 4. The summed E-state index contributed by atoms with van der Waals surface area (Å²) in [7, 11) is 3.16. The first-order chi connectivity index (χ1) is 35.4. The summed E-state index contributed by atoms with van der Waals surface area (Å²) < 4.78 is 22.8. The van der Waals surface area contributed by atoms with Gasteiger partial charge in [-0.15, -0.1) is 0 Å². The van der Waals surface area contributed by atoms with Crippen molar-refractivity contribution in [1.82, 2.24) is 9.80 Å². The summed E-state index contributed by atoms with van der Waals surface area (Å²) in [6.07, 6.45) is 24.4. The van der Waals surface area contributed by atoms with Gasteiger partial charge in [-0.2, -0.15) is 0 Å². The molecule has 2 aliphatic heterocycles. The largest absolute Gasteiger partial charge is 0.496 e. The molecular formula is C61H98N4O11. The van der Waals surface area contributed by atoms with E-state index in [0.717, 1.165) is 125 Å². The predicted molar refractivity (Wildman–Crippen MR) is 303 cm³/mol. The molecule has 6 atom stereocenters. The molecule has 4 amide bonds. The summed E-state index contributed by atoms with van der Waals surface area (Å²) in [4.78, 5) is 78.3. The molecule has 0 bridgehead atoms. The Morgan fingerprint density at radius 1 is 0.553 bits per heavy atom. The molecular weight excluding hydrogens is 965 g/mol. The van der Waals surface area contributed by atoms with Gasteiger partial charge in [0.2, 0.25) is 11.8 Å². The van der Waals surface area contributed by atoms with Gasteiger partial charge in [-0.1, -0.05) is 112 Å². The second kappa shape index (κ2) is 36.4. The summed E-state index contributed by atoms with van der Waals surface area (Å²) in [5.74, 6) is -1.01. The van der Waals surface area contributed by atoms with Crippen LogP contribution in [0.15, 0.2) is 48.8 Å². The van der Waals surface area contributed by atoms with E-state index < -0.39 is 30.1 Å². The fourth-order valence-electron chi connectivity index (χ4n) is 9.28. The van der Waals surface area contributed by atoms with Gasteiger partial charge in [0, 0.05) is 29.4 Å². The first-order valence-electron chi connectivity index (χ1n) is 27.3. The molecule has 15 nitrogen and oxygen atoms in total. The molecule has 0 aromatic heterocycles.